The van der Waals surface area contributed by atoms with Crippen LogP contribution < -0.4 is 10.2 Å². The molecule has 0 radical (unpaired) electrons. The number of carbonyl (C=O) groups is 2. The number of carbonyl (C=O) groups excluding carboxylic acids is 2. The maximum absolute atomic E-state index is 12.3. The highest BCUT2D eigenvalue weighted by Crippen LogP contribution is 2.28. The molecule has 0 unspecified atom stereocenters. The molecular weight excluding hydrogens is 264 g/mol. The molecule has 0 saturated carbocycles. The van der Waals surface area contributed by atoms with E-state index >= 15 is 0 Å². The van der Waals surface area contributed by atoms with Crippen LogP contribution in [-0.2, 0) is 9.59 Å². The first-order valence-corrected chi connectivity index (χ1v) is 6.51. The van der Waals surface area contributed by atoms with E-state index in [9.17, 15) is 9.59 Å². The van der Waals surface area contributed by atoms with Crippen LogP contribution in [0.25, 0.3) is 0 Å². The number of rotatable bonds is 0. The Balaban J connectivity index is 1.89. The van der Waals surface area contributed by atoms with Crippen LogP contribution in [-0.4, -0.2) is 18.4 Å². The summed E-state index contributed by atoms with van der Waals surface area (Å²) in [6.07, 6.45) is 0. The number of nitrogens with one attached hydrogen (secondary N) is 1. The van der Waals surface area contributed by atoms with Crippen LogP contribution in [0, 0.1) is 11.8 Å². The van der Waals surface area contributed by atoms with Gasteiger partial charge >= 0.3 is 5.91 Å². The molecule has 0 bridgehead atoms. The topological polar surface area (TPSA) is 49.4 Å². The third-order valence-corrected chi connectivity index (χ3v) is 3.10. The monoisotopic (exact) mass is 276 g/mol. The minimum atomic E-state index is -0.388. The van der Waals surface area contributed by atoms with E-state index in [1.165, 1.54) is 4.90 Å². The minimum absolute atomic E-state index is 0.0146. The highest BCUT2D eigenvalue weighted by atomic mass is 16.2. The number of anilines is 2. The first-order chi connectivity index (χ1) is 10.2. The maximum atomic E-state index is 12.3. The minimum Gasteiger partial charge on any atom is -0.323 e. The number of hydrogen-bond donors (Lipinski definition) is 1. The SMILES string of the molecule is O=C1CN(C(=O)C#Cc2ccccc2)c2ccccc2N1. The molecule has 2 aromatic rings. The van der Waals surface area contributed by atoms with Crippen molar-refractivity contribution < 1.29 is 9.59 Å². The second kappa shape index (κ2) is 5.51. The van der Waals surface area contributed by atoms with Gasteiger partial charge in [0.2, 0.25) is 5.91 Å². The van der Waals surface area contributed by atoms with Crippen LogP contribution in [0.15, 0.2) is 54.6 Å². The van der Waals surface area contributed by atoms with Gasteiger partial charge in [0.25, 0.3) is 0 Å². The molecule has 1 heterocycles. The summed E-state index contributed by atoms with van der Waals surface area (Å²) in [5.41, 5.74) is 2.06. The van der Waals surface area contributed by atoms with Crippen molar-refractivity contribution in [2.75, 3.05) is 16.8 Å². The summed E-state index contributed by atoms with van der Waals surface area (Å²) < 4.78 is 0. The molecule has 0 aromatic heterocycles. The van der Waals surface area contributed by atoms with E-state index in [0.717, 1.165) is 5.56 Å². The van der Waals surface area contributed by atoms with Crippen LogP contribution in [0.5, 0.6) is 0 Å². The second-order valence-electron chi connectivity index (χ2n) is 4.57. The largest absolute Gasteiger partial charge is 0.323 e. The lowest BCUT2D eigenvalue weighted by molar-refractivity contribution is -0.118. The maximum Gasteiger partial charge on any atom is 0.303 e. The van der Waals surface area contributed by atoms with Crippen molar-refractivity contribution >= 4 is 23.2 Å². The van der Waals surface area contributed by atoms with Crippen molar-refractivity contribution in [3.8, 4) is 11.8 Å². The number of nitrogens with zero attached hydrogens (tertiary/aromatic N) is 1. The fraction of sp³-hybridized carbons (Fsp3) is 0.0588. The fourth-order valence-corrected chi connectivity index (χ4v) is 2.13. The van der Waals surface area contributed by atoms with Crippen LogP contribution in [0.1, 0.15) is 5.56 Å². The average Bonchev–Trinajstić information content (AvgIpc) is 2.52. The highest BCUT2D eigenvalue weighted by molar-refractivity contribution is 6.15. The van der Waals surface area contributed by atoms with Gasteiger partial charge in [-0.05, 0) is 24.3 Å². The quantitative estimate of drug-likeness (QED) is 0.748. The number of benzene rings is 2. The fourth-order valence-electron chi connectivity index (χ4n) is 2.13. The van der Waals surface area contributed by atoms with E-state index in [1.54, 1.807) is 12.1 Å². The van der Waals surface area contributed by atoms with Crippen LogP contribution in [0.3, 0.4) is 0 Å². The number of hydrogen-bond acceptors (Lipinski definition) is 2. The smallest absolute Gasteiger partial charge is 0.303 e. The lowest BCUT2D eigenvalue weighted by atomic mass is 10.2. The van der Waals surface area contributed by atoms with Crippen molar-refractivity contribution in [3.63, 3.8) is 0 Å². The Morgan fingerprint density at radius 1 is 1.05 bits per heavy atom. The molecule has 0 aliphatic carbocycles. The first-order valence-electron chi connectivity index (χ1n) is 6.51. The Morgan fingerprint density at radius 2 is 1.76 bits per heavy atom. The van der Waals surface area contributed by atoms with E-state index in [-0.39, 0.29) is 18.4 Å². The van der Waals surface area contributed by atoms with Crippen molar-refractivity contribution in [1.29, 1.82) is 0 Å². The summed E-state index contributed by atoms with van der Waals surface area (Å²) in [6, 6.07) is 16.4. The van der Waals surface area contributed by atoms with E-state index in [1.807, 2.05) is 42.5 Å². The van der Waals surface area contributed by atoms with Crippen LogP contribution in [0.2, 0.25) is 0 Å². The van der Waals surface area contributed by atoms with Crippen molar-refractivity contribution in [2.24, 2.45) is 0 Å². The third kappa shape index (κ3) is 2.77. The van der Waals surface area contributed by atoms with E-state index in [0.29, 0.717) is 11.4 Å². The molecule has 102 valence electrons. The standard InChI is InChI=1S/C17H12N2O2/c20-16-12-19(15-9-5-4-8-14(15)18-16)17(21)11-10-13-6-2-1-3-7-13/h1-9H,12H2,(H,18,20). The summed E-state index contributed by atoms with van der Waals surface area (Å²) in [7, 11) is 0. The molecule has 2 amide bonds. The lowest BCUT2D eigenvalue weighted by Crippen LogP contribution is -2.41. The van der Waals surface area contributed by atoms with E-state index in [2.05, 4.69) is 17.2 Å². The predicted octanol–water partition coefficient (Wildman–Crippen LogP) is 2.02. The molecule has 1 N–H and O–H groups in total. The highest BCUT2D eigenvalue weighted by Gasteiger charge is 2.25. The number of para-hydroxylation sites is 2. The molecule has 4 nitrogen and oxygen atoms in total. The van der Waals surface area contributed by atoms with Gasteiger partial charge in [-0.15, -0.1) is 0 Å². The Morgan fingerprint density at radius 3 is 2.57 bits per heavy atom. The molecule has 0 spiro atoms. The molecule has 21 heavy (non-hydrogen) atoms. The second-order valence-corrected chi connectivity index (χ2v) is 4.57. The molecule has 3 rings (SSSR count). The van der Waals surface area contributed by atoms with E-state index in [4.69, 9.17) is 0 Å². The van der Waals surface area contributed by atoms with Gasteiger partial charge in [-0.3, -0.25) is 14.5 Å². The molecule has 4 heteroatoms. The summed E-state index contributed by atoms with van der Waals surface area (Å²) in [6.45, 7) is -0.0146. The lowest BCUT2D eigenvalue weighted by Gasteiger charge is -2.27. The van der Waals surface area contributed by atoms with Crippen molar-refractivity contribution in [1.82, 2.24) is 0 Å². The summed E-state index contributed by atoms with van der Waals surface area (Å²) in [4.78, 5) is 25.3. The molecule has 1 aliphatic rings. The Bertz CT molecular complexity index is 757. The van der Waals surface area contributed by atoms with Crippen LogP contribution in [0.4, 0.5) is 11.4 Å². The van der Waals surface area contributed by atoms with Gasteiger partial charge in [0.15, 0.2) is 0 Å². The number of amides is 2. The van der Waals surface area contributed by atoms with Gasteiger partial charge in [-0.1, -0.05) is 36.3 Å². The van der Waals surface area contributed by atoms with Crippen LogP contribution >= 0.6 is 0 Å². The zero-order chi connectivity index (χ0) is 14.7. The first kappa shape index (κ1) is 12.9. The number of fused-ring (bicyclic) bond motifs is 1. The molecule has 0 fully saturated rings. The molecular formula is C17H12N2O2. The molecule has 2 aromatic carbocycles. The Kier molecular flexibility index (Phi) is 3.40. The predicted molar refractivity (Wildman–Crippen MR) is 80.7 cm³/mol. The Labute approximate surface area is 122 Å². The molecule has 1 aliphatic heterocycles. The Hall–Kier alpha value is -3.06. The molecule has 0 atom stereocenters. The normalized spacial score (nSPS) is 12.8. The zero-order valence-corrected chi connectivity index (χ0v) is 11.2. The van der Waals surface area contributed by atoms with Gasteiger partial charge in [0.1, 0.15) is 6.54 Å². The average molecular weight is 276 g/mol. The summed E-state index contributed by atoms with van der Waals surface area (Å²) in [5.74, 6) is 4.79. The summed E-state index contributed by atoms with van der Waals surface area (Å²) >= 11 is 0. The van der Waals surface area contributed by atoms with Gasteiger partial charge in [0.05, 0.1) is 11.4 Å². The zero-order valence-electron chi connectivity index (χ0n) is 11.2. The van der Waals surface area contributed by atoms with Crippen molar-refractivity contribution in [2.45, 2.75) is 0 Å². The third-order valence-electron chi connectivity index (χ3n) is 3.10. The van der Waals surface area contributed by atoms with Gasteiger partial charge in [-0.25, -0.2) is 0 Å². The van der Waals surface area contributed by atoms with Crippen molar-refractivity contribution in [3.05, 3.63) is 60.2 Å². The summed E-state index contributed by atoms with van der Waals surface area (Å²) in [5, 5.41) is 2.74. The molecule has 0 saturated heterocycles. The van der Waals surface area contributed by atoms with E-state index < -0.39 is 0 Å². The van der Waals surface area contributed by atoms with Gasteiger partial charge in [0, 0.05) is 11.5 Å². The van der Waals surface area contributed by atoms with Gasteiger partial charge < -0.3 is 5.32 Å². The van der Waals surface area contributed by atoms with Gasteiger partial charge in [-0.2, -0.15) is 0 Å².